The summed E-state index contributed by atoms with van der Waals surface area (Å²) < 4.78 is 0. The zero-order valence-corrected chi connectivity index (χ0v) is 17.9. The maximum Gasteiger partial charge on any atom is 0.267 e. The van der Waals surface area contributed by atoms with Crippen LogP contribution in [-0.2, 0) is 9.59 Å². The number of hydroxylamine groups is 1. The second kappa shape index (κ2) is 15.2. The monoisotopic (exact) mass is 469 g/mol. The molecule has 2 aromatic rings. The first-order valence-corrected chi connectivity index (χ1v) is 10.2. The van der Waals surface area contributed by atoms with Crippen LogP contribution < -0.4 is 27.2 Å². The van der Waals surface area contributed by atoms with E-state index in [0.29, 0.717) is 29.8 Å². The molecule has 0 aromatic heterocycles. The van der Waals surface area contributed by atoms with E-state index < -0.39 is 17.9 Å². The molecule has 34 heavy (non-hydrogen) atoms. The number of benzene rings is 2. The minimum atomic E-state index is -1.04. The fraction of sp³-hybridized carbons (Fsp3) is 0.292. The number of anilines is 1. The summed E-state index contributed by atoms with van der Waals surface area (Å²) in [4.78, 5) is 35.5. The van der Waals surface area contributed by atoms with Gasteiger partial charge in [-0.2, -0.15) is 0 Å². The molecular formula is C24H31N5O5. The zero-order chi connectivity index (χ0) is 24.1. The van der Waals surface area contributed by atoms with Crippen LogP contribution in [0.5, 0.6) is 0 Å². The summed E-state index contributed by atoms with van der Waals surface area (Å²) in [5.74, 6) is 4.52. The number of aliphatic hydroxyl groups is 1. The first-order chi connectivity index (χ1) is 16.0. The normalized spacial score (nSPS) is 10.7. The van der Waals surface area contributed by atoms with Crippen molar-refractivity contribution in [2.75, 3.05) is 31.6 Å². The van der Waals surface area contributed by atoms with Gasteiger partial charge < -0.3 is 26.8 Å². The van der Waals surface area contributed by atoms with Crippen molar-refractivity contribution in [2.45, 2.75) is 19.9 Å². The second-order valence-corrected chi connectivity index (χ2v) is 6.94. The Bertz CT molecular complexity index is 997. The molecule has 8 N–H and O–H groups in total. The van der Waals surface area contributed by atoms with Crippen molar-refractivity contribution in [2.24, 2.45) is 5.73 Å². The number of nitrogens with one attached hydrogen (secondary N) is 4. The Morgan fingerprint density at radius 3 is 2.09 bits per heavy atom. The summed E-state index contributed by atoms with van der Waals surface area (Å²) in [5, 5.41) is 25.5. The van der Waals surface area contributed by atoms with Gasteiger partial charge in [-0.05, 0) is 61.5 Å². The average Bonchev–Trinajstić information content (AvgIpc) is 2.84. The van der Waals surface area contributed by atoms with E-state index in [1.54, 1.807) is 48.5 Å². The Balaban J connectivity index is 0.00000578. The third kappa shape index (κ3) is 9.40. The van der Waals surface area contributed by atoms with Gasteiger partial charge in [-0.25, -0.2) is 5.48 Å². The van der Waals surface area contributed by atoms with Gasteiger partial charge in [0.1, 0.15) is 6.04 Å². The molecule has 0 unspecified atom stereocenters. The molecule has 182 valence electrons. The molecule has 2 aromatic carbocycles. The van der Waals surface area contributed by atoms with Gasteiger partial charge in [-0.3, -0.25) is 19.6 Å². The Hall–Kier alpha value is -3.75. The van der Waals surface area contributed by atoms with Crippen LogP contribution >= 0.6 is 0 Å². The summed E-state index contributed by atoms with van der Waals surface area (Å²) in [6.07, 6.45) is 0.592. The summed E-state index contributed by atoms with van der Waals surface area (Å²) >= 11 is 0. The molecule has 0 aliphatic rings. The van der Waals surface area contributed by atoms with Crippen LogP contribution in [0, 0.1) is 11.8 Å². The Labute approximate surface area is 198 Å². The van der Waals surface area contributed by atoms with Crippen molar-refractivity contribution >= 4 is 23.4 Å². The zero-order valence-electron chi connectivity index (χ0n) is 17.9. The molecule has 0 bridgehead atoms. The molecule has 3 amide bonds. The first kappa shape index (κ1) is 28.3. The second-order valence-electron chi connectivity index (χ2n) is 6.94. The van der Waals surface area contributed by atoms with E-state index in [1.807, 2.05) is 0 Å². The van der Waals surface area contributed by atoms with Gasteiger partial charge in [0, 0.05) is 35.5 Å². The topological polar surface area (TPSA) is 166 Å². The third-order valence-corrected chi connectivity index (χ3v) is 4.43. The fourth-order valence-electron chi connectivity index (χ4n) is 2.65. The van der Waals surface area contributed by atoms with Crippen molar-refractivity contribution in [1.29, 1.82) is 0 Å². The number of rotatable bonds is 10. The maximum absolute atomic E-state index is 12.2. The van der Waals surface area contributed by atoms with E-state index in [4.69, 9.17) is 16.0 Å². The van der Waals surface area contributed by atoms with Crippen LogP contribution in [0.1, 0.15) is 35.3 Å². The lowest BCUT2D eigenvalue weighted by molar-refractivity contribution is -0.130. The lowest BCUT2D eigenvalue weighted by Gasteiger charge is -2.14. The SMILES string of the molecule is C.NC[C@H](NC(=O)c1ccc(C#Cc2ccc(NC(=O)CNCCCO)cc2)cc1)C(=O)NO. The quantitative estimate of drug-likeness (QED) is 0.113. The number of nitrogens with two attached hydrogens (primary N) is 1. The molecule has 0 spiro atoms. The average molecular weight is 470 g/mol. The van der Waals surface area contributed by atoms with E-state index >= 15 is 0 Å². The number of hydrogen-bond donors (Lipinski definition) is 7. The summed E-state index contributed by atoms with van der Waals surface area (Å²) in [7, 11) is 0. The van der Waals surface area contributed by atoms with Gasteiger partial charge >= 0.3 is 0 Å². The lowest BCUT2D eigenvalue weighted by Crippen LogP contribution is -2.50. The molecular weight excluding hydrogens is 438 g/mol. The lowest BCUT2D eigenvalue weighted by atomic mass is 10.1. The molecule has 0 heterocycles. The standard InChI is InChI=1S/C23H27N5O5.CH4/c24-14-20(23(32)28-33)27-22(31)18-8-4-16(5-9-18)2-3-17-6-10-19(11-7-17)26-21(30)15-25-12-1-13-29;/h4-11,20,25,29,33H,1,12-15,24H2,(H,26,30)(H,27,31)(H,28,32);1H4/t20-;/m0./s1. The maximum atomic E-state index is 12.2. The van der Waals surface area contributed by atoms with Gasteiger partial charge in [-0.15, -0.1) is 0 Å². The molecule has 2 rings (SSSR count). The molecule has 0 fully saturated rings. The highest BCUT2D eigenvalue weighted by atomic mass is 16.5. The van der Waals surface area contributed by atoms with Crippen LogP contribution in [0.2, 0.25) is 0 Å². The van der Waals surface area contributed by atoms with Gasteiger partial charge in [0.05, 0.1) is 6.54 Å². The molecule has 0 aliphatic heterocycles. The van der Waals surface area contributed by atoms with Crippen molar-refractivity contribution < 1.29 is 24.7 Å². The number of hydrogen-bond acceptors (Lipinski definition) is 7. The largest absolute Gasteiger partial charge is 0.396 e. The molecule has 0 saturated heterocycles. The smallest absolute Gasteiger partial charge is 0.267 e. The number of amides is 3. The van der Waals surface area contributed by atoms with Crippen LogP contribution in [0.3, 0.4) is 0 Å². The van der Waals surface area contributed by atoms with Gasteiger partial charge in [-0.1, -0.05) is 19.3 Å². The summed E-state index contributed by atoms with van der Waals surface area (Å²) in [6.45, 7) is 0.652. The highest BCUT2D eigenvalue weighted by molar-refractivity contribution is 5.97. The van der Waals surface area contributed by atoms with Crippen LogP contribution in [0.4, 0.5) is 5.69 Å². The minimum Gasteiger partial charge on any atom is -0.396 e. The van der Waals surface area contributed by atoms with Crippen LogP contribution in [0.25, 0.3) is 0 Å². The van der Waals surface area contributed by atoms with Gasteiger partial charge in [0.2, 0.25) is 5.91 Å². The van der Waals surface area contributed by atoms with E-state index in [0.717, 1.165) is 5.56 Å². The van der Waals surface area contributed by atoms with E-state index in [9.17, 15) is 14.4 Å². The summed E-state index contributed by atoms with van der Waals surface area (Å²) in [5.41, 5.74) is 9.27. The molecule has 1 atom stereocenters. The van der Waals surface area contributed by atoms with E-state index in [1.165, 1.54) is 5.48 Å². The minimum absolute atomic E-state index is 0. The fourth-order valence-corrected chi connectivity index (χ4v) is 2.65. The Morgan fingerprint density at radius 2 is 1.56 bits per heavy atom. The Kier molecular flexibility index (Phi) is 12.6. The molecule has 10 nitrogen and oxygen atoms in total. The molecule has 0 aliphatic carbocycles. The summed E-state index contributed by atoms with van der Waals surface area (Å²) in [6, 6.07) is 12.5. The number of carbonyl (C=O) groups excluding carboxylic acids is 3. The van der Waals surface area contributed by atoms with E-state index in [-0.39, 0.29) is 33.0 Å². The van der Waals surface area contributed by atoms with E-state index in [2.05, 4.69) is 27.8 Å². The van der Waals surface area contributed by atoms with Crippen LogP contribution in [0.15, 0.2) is 48.5 Å². The van der Waals surface area contributed by atoms with Crippen molar-refractivity contribution in [1.82, 2.24) is 16.1 Å². The Morgan fingerprint density at radius 1 is 0.971 bits per heavy atom. The van der Waals surface area contributed by atoms with Gasteiger partial charge in [0.25, 0.3) is 11.8 Å². The predicted molar refractivity (Wildman–Crippen MR) is 129 cm³/mol. The predicted octanol–water partition coefficient (Wildman–Crippen LogP) is 0.196. The highest BCUT2D eigenvalue weighted by Crippen LogP contribution is 2.09. The molecule has 0 radical (unpaired) electrons. The molecule has 0 saturated carbocycles. The number of aliphatic hydroxyl groups excluding tert-OH is 1. The third-order valence-electron chi connectivity index (χ3n) is 4.43. The van der Waals surface area contributed by atoms with Crippen molar-refractivity contribution in [3.8, 4) is 11.8 Å². The first-order valence-electron chi connectivity index (χ1n) is 10.2. The van der Waals surface area contributed by atoms with Crippen molar-refractivity contribution in [3.05, 3.63) is 65.2 Å². The molecule has 10 heteroatoms. The van der Waals surface area contributed by atoms with Crippen molar-refractivity contribution in [3.63, 3.8) is 0 Å². The van der Waals surface area contributed by atoms with Gasteiger partial charge in [0.15, 0.2) is 0 Å². The highest BCUT2D eigenvalue weighted by Gasteiger charge is 2.19. The van der Waals surface area contributed by atoms with Crippen LogP contribution in [-0.4, -0.2) is 60.3 Å². The number of carbonyl (C=O) groups is 3.